The van der Waals surface area contributed by atoms with Gasteiger partial charge in [-0.25, -0.2) is 18.2 Å². The Morgan fingerprint density at radius 3 is 2.35 bits per heavy atom. The van der Waals surface area contributed by atoms with Crippen LogP contribution in [0.5, 0.6) is 5.75 Å². The summed E-state index contributed by atoms with van der Waals surface area (Å²) in [5.74, 6) is 1.06. The number of benzene rings is 1. The number of ether oxygens (including phenoxy) is 1. The highest BCUT2D eigenvalue weighted by molar-refractivity contribution is 7.89. The number of amides is 2. The molecule has 8 nitrogen and oxygen atoms in total. The molecule has 1 saturated heterocycles. The molecule has 3 rings (SSSR count). The van der Waals surface area contributed by atoms with E-state index in [2.05, 4.69) is 10.3 Å². The zero-order valence-corrected chi connectivity index (χ0v) is 15.1. The van der Waals surface area contributed by atoms with E-state index in [1.807, 2.05) is 0 Å². The zero-order chi connectivity index (χ0) is 18.6. The molecule has 0 atom stereocenters. The number of hydrogen-bond donors (Lipinski definition) is 1. The third-order valence-corrected chi connectivity index (χ3v) is 6.04. The summed E-state index contributed by atoms with van der Waals surface area (Å²) in [5.41, 5.74) is 0. The third-order valence-electron chi connectivity index (χ3n) is 4.12. The number of aromatic nitrogens is 1. The van der Waals surface area contributed by atoms with Gasteiger partial charge in [0, 0.05) is 32.4 Å². The van der Waals surface area contributed by atoms with Gasteiger partial charge in [0.05, 0.1) is 12.0 Å². The molecule has 2 amide bonds. The maximum Gasteiger partial charge on any atom is 0.323 e. The molecule has 1 aliphatic heterocycles. The highest BCUT2D eigenvalue weighted by atomic mass is 32.2. The molecular formula is C17H20N4O4S. The van der Waals surface area contributed by atoms with Crippen molar-refractivity contribution in [1.29, 1.82) is 0 Å². The minimum absolute atomic E-state index is 0.213. The Morgan fingerprint density at radius 2 is 1.77 bits per heavy atom. The number of sulfonamides is 1. The van der Waals surface area contributed by atoms with Gasteiger partial charge in [0.1, 0.15) is 11.6 Å². The van der Waals surface area contributed by atoms with Crippen molar-refractivity contribution in [3.05, 3.63) is 48.7 Å². The Balaban J connectivity index is 1.61. The van der Waals surface area contributed by atoms with Crippen LogP contribution in [0.1, 0.15) is 0 Å². The highest BCUT2D eigenvalue weighted by Gasteiger charge is 2.30. The maximum atomic E-state index is 12.7. The minimum atomic E-state index is -3.59. The van der Waals surface area contributed by atoms with Crippen LogP contribution in [-0.2, 0) is 10.0 Å². The predicted octanol–water partition coefficient (Wildman–Crippen LogP) is 1.63. The van der Waals surface area contributed by atoms with Crippen molar-refractivity contribution in [2.24, 2.45) is 0 Å². The topological polar surface area (TPSA) is 91.8 Å². The van der Waals surface area contributed by atoms with E-state index >= 15 is 0 Å². The van der Waals surface area contributed by atoms with Crippen LogP contribution in [-0.4, -0.2) is 61.9 Å². The number of anilines is 1. The summed E-state index contributed by atoms with van der Waals surface area (Å²) in [6.07, 6.45) is 1.59. The molecule has 2 aromatic rings. The maximum absolute atomic E-state index is 12.7. The van der Waals surface area contributed by atoms with E-state index in [1.165, 1.54) is 23.5 Å². The lowest BCUT2D eigenvalue weighted by atomic mass is 10.3. The molecule has 0 saturated carbocycles. The second-order valence-corrected chi connectivity index (χ2v) is 7.65. The van der Waals surface area contributed by atoms with E-state index in [-0.39, 0.29) is 24.0 Å². The van der Waals surface area contributed by atoms with Crippen molar-refractivity contribution < 1.29 is 17.9 Å². The summed E-state index contributed by atoms with van der Waals surface area (Å²) in [5, 5.41) is 2.70. The molecule has 26 heavy (non-hydrogen) atoms. The van der Waals surface area contributed by atoms with Crippen LogP contribution < -0.4 is 10.1 Å². The number of piperazine rings is 1. The molecular weight excluding hydrogens is 356 g/mol. The molecule has 0 bridgehead atoms. The van der Waals surface area contributed by atoms with Gasteiger partial charge >= 0.3 is 6.03 Å². The van der Waals surface area contributed by atoms with Crippen LogP contribution in [0, 0.1) is 0 Å². The average molecular weight is 376 g/mol. The number of urea groups is 1. The Morgan fingerprint density at radius 1 is 1.08 bits per heavy atom. The number of carbonyl (C=O) groups excluding carboxylic acids is 1. The van der Waals surface area contributed by atoms with E-state index in [1.54, 1.807) is 41.4 Å². The number of carbonyl (C=O) groups is 1. The second-order valence-electron chi connectivity index (χ2n) is 5.71. The first-order valence-corrected chi connectivity index (χ1v) is 9.56. The van der Waals surface area contributed by atoms with Crippen LogP contribution in [0.4, 0.5) is 10.6 Å². The molecule has 1 aromatic heterocycles. The van der Waals surface area contributed by atoms with Gasteiger partial charge in [-0.05, 0) is 36.4 Å². The van der Waals surface area contributed by atoms with Gasteiger partial charge in [-0.15, -0.1) is 0 Å². The predicted molar refractivity (Wildman–Crippen MR) is 96.6 cm³/mol. The molecule has 0 aliphatic carbocycles. The first kappa shape index (κ1) is 18.2. The molecule has 1 aliphatic rings. The largest absolute Gasteiger partial charge is 0.497 e. The smallest absolute Gasteiger partial charge is 0.323 e. The molecule has 0 spiro atoms. The number of pyridine rings is 1. The van der Waals surface area contributed by atoms with Crippen molar-refractivity contribution in [2.75, 3.05) is 38.6 Å². The third kappa shape index (κ3) is 3.94. The summed E-state index contributed by atoms with van der Waals surface area (Å²) in [7, 11) is -2.06. The van der Waals surface area contributed by atoms with Crippen LogP contribution in [0.3, 0.4) is 0 Å². The van der Waals surface area contributed by atoms with E-state index in [0.717, 1.165) is 0 Å². The SMILES string of the molecule is COc1ccc(S(=O)(=O)N2CCN(C(=O)Nc3ccccn3)CC2)cc1. The van der Waals surface area contributed by atoms with Crippen molar-refractivity contribution in [2.45, 2.75) is 4.90 Å². The van der Waals surface area contributed by atoms with E-state index < -0.39 is 10.0 Å². The number of hydrogen-bond acceptors (Lipinski definition) is 5. The van der Waals surface area contributed by atoms with Gasteiger partial charge in [-0.3, -0.25) is 5.32 Å². The number of rotatable bonds is 4. The summed E-state index contributed by atoms with van der Waals surface area (Å²) >= 11 is 0. The van der Waals surface area contributed by atoms with Gasteiger partial charge < -0.3 is 9.64 Å². The lowest BCUT2D eigenvalue weighted by molar-refractivity contribution is 0.184. The minimum Gasteiger partial charge on any atom is -0.497 e. The summed E-state index contributed by atoms with van der Waals surface area (Å²) in [4.78, 5) is 18.1. The zero-order valence-electron chi connectivity index (χ0n) is 14.3. The van der Waals surface area contributed by atoms with Crippen LogP contribution in [0.2, 0.25) is 0 Å². The van der Waals surface area contributed by atoms with Gasteiger partial charge in [0.2, 0.25) is 10.0 Å². The summed E-state index contributed by atoms with van der Waals surface area (Å²) < 4.78 is 31.9. The number of nitrogens with one attached hydrogen (secondary N) is 1. The molecule has 0 radical (unpaired) electrons. The Bertz CT molecular complexity index is 848. The van der Waals surface area contributed by atoms with Gasteiger partial charge in [-0.1, -0.05) is 6.07 Å². The highest BCUT2D eigenvalue weighted by Crippen LogP contribution is 2.20. The van der Waals surface area contributed by atoms with Crippen molar-refractivity contribution in [3.63, 3.8) is 0 Å². The molecule has 0 unspecified atom stereocenters. The fourth-order valence-corrected chi connectivity index (χ4v) is 4.08. The molecule has 1 fully saturated rings. The second kappa shape index (κ2) is 7.71. The molecule has 2 heterocycles. The molecule has 138 valence electrons. The standard InChI is InChI=1S/C17H20N4O4S/c1-25-14-5-7-15(8-6-14)26(23,24)21-12-10-20(11-13-21)17(22)19-16-4-2-3-9-18-16/h2-9H,10-13H2,1H3,(H,18,19,22). The Kier molecular flexibility index (Phi) is 5.38. The first-order valence-electron chi connectivity index (χ1n) is 8.12. The van der Waals surface area contributed by atoms with Gasteiger partial charge in [-0.2, -0.15) is 4.31 Å². The summed E-state index contributed by atoms with van der Waals surface area (Å²) in [6.45, 7) is 1.11. The summed E-state index contributed by atoms with van der Waals surface area (Å²) in [6, 6.07) is 11.2. The molecule has 1 aromatic carbocycles. The molecule has 9 heteroatoms. The Labute approximate surface area is 152 Å². The van der Waals surface area contributed by atoms with Gasteiger partial charge in [0.25, 0.3) is 0 Å². The first-order chi connectivity index (χ1) is 12.5. The molecule has 1 N–H and O–H groups in total. The lowest BCUT2D eigenvalue weighted by Gasteiger charge is -2.33. The van der Waals surface area contributed by atoms with Crippen molar-refractivity contribution in [1.82, 2.24) is 14.2 Å². The van der Waals surface area contributed by atoms with Crippen molar-refractivity contribution >= 4 is 21.9 Å². The fraction of sp³-hybridized carbons (Fsp3) is 0.294. The van der Waals surface area contributed by atoms with E-state index in [4.69, 9.17) is 4.74 Å². The van der Waals surface area contributed by atoms with Crippen LogP contribution in [0.15, 0.2) is 53.6 Å². The average Bonchev–Trinajstić information content (AvgIpc) is 2.69. The van der Waals surface area contributed by atoms with E-state index in [0.29, 0.717) is 24.7 Å². The normalized spacial score (nSPS) is 15.5. The van der Waals surface area contributed by atoms with E-state index in [9.17, 15) is 13.2 Å². The number of methoxy groups -OCH3 is 1. The van der Waals surface area contributed by atoms with Crippen molar-refractivity contribution in [3.8, 4) is 5.75 Å². The van der Waals surface area contributed by atoms with Crippen LogP contribution >= 0.6 is 0 Å². The lowest BCUT2D eigenvalue weighted by Crippen LogP contribution is -2.51. The Hall–Kier alpha value is -2.65. The number of nitrogens with zero attached hydrogens (tertiary/aromatic N) is 3. The van der Waals surface area contributed by atoms with Gasteiger partial charge in [0.15, 0.2) is 0 Å². The van der Waals surface area contributed by atoms with Crippen LogP contribution in [0.25, 0.3) is 0 Å². The monoisotopic (exact) mass is 376 g/mol. The quantitative estimate of drug-likeness (QED) is 0.876. The fourth-order valence-electron chi connectivity index (χ4n) is 2.65.